The normalized spacial score (nSPS) is 10.1. The van der Waals surface area contributed by atoms with Crippen LogP contribution in [0.2, 0.25) is 0 Å². The molecule has 142 valence electrons. The fourth-order valence-corrected chi connectivity index (χ4v) is 3.21. The second-order valence-corrected chi connectivity index (χ2v) is 6.65. The molecule has 0 unspecified atom stereocenters. The topological polar surface area (TPSA) is 70.2 Å². The van der Waals surface area contributed by atoms with E-state index in [0.29, 0.717) is 23.0 Å². The molecule has 2 amide bonds. The van der Waals surface area contributed by atoms with Gasteiger partial charge in [-0.25, -0.2) is 4.39 Å². The fourth-order valence-electron chi connectivity index (χ4n) is 2.23. The zero-order valence-electron chi connectivity index (χ0n) is 14.7. The maximum Gasteiger partial charge on any atom is 0.261 e. The molecule has 0 saturated heterocycles. The van der Waals surface area contributed by atoms with Gasteiger partial charge in [0, 0.05) is 18.7 Å². The van der Waals surface area contributed by atoms with Crippen molar-refractivity contribution < 1.29 is 14.0 Å². The Hall–Kier alpha value is -1.96. The fraction of sp³-hybridized carbons (Fsp3) is 0.333. The summed E-state index contributed by atoms with van der Waals surface area (Å²) in [6.45, 7) is 6.08. The quantitative estimate of drug-likeness (QED) is 0.594. The third-order valence-corrected chi connectivity index (χ3v) is 4.61. The van der Waals surface area contributed by atoms with E-state index in [2.05, 4.69) is 22.9 Å². The summed E-state index contributed by atoms with van der Waals surface area (Å²) in [5.41, 5.74) is 1.03. The zero-order chi connectivity index (χ0) is 18.2. The highest BCUT2D eigenvalue weighted by molar-refractivity contribution is 7.18. The van der Waals surface area contributed by atoms with Gasteiger partial charge in [-0.05, 0) is 49.7 Å². The molecule has 1 heterocycles. The van der Waals surface area contributed by atoms with Gasteiger partial charge in [-0.15, -0.1) is 23.7 Å². The summed E-state index contributed by atoms with van der Waals surface area (Å²) >= 11 is 1.20. The molecular formula is C18H23ClFN3O2S. The summed E-state index contributed by atoms with van der Waals surface area (Å²) in [5.74, 6) is -1.03. The van der Waals surface area contributed by atoms with Crippen molar-refractivity contribution in [3.8, 4) is 0 Å². The number of aryl methyl sites for hydroxylation is 1. The van der Waals surface area contributed by atoms with Crippen molar-refractivity contribution in [3.05, 3.63) is 52.2 Å². The van der Waals surface area contributed by atoms with E-state index in [1.807, 2.05) is 6.92 Å². The second-order valence-electron chi connectivity index (χ2n) is 5.59. The molecule has 0 spiro atoms. The van der Waals surface area contributed by atoms with Crippen LogP contribution in [-0.4, -0.2) is 31.4 Å². The number of thiophene rings is 1. The van der Waals surface area contributed by atoms with Crippen molar-refractivity contribution in [2.75, 3.05) is 25.0 Å². The summed E-state index contributed by atoms with van der Waals surface area (Å²) in [5, 5.41) is 9.33. The Morgan fingerprint density at radius 3 is 2.58 bits per heavy atom. The van der Waals surface area contributed by atoms with Crippen LogP contribution >= 0.6 is 23.7 Å². The average molecular weight is 400 g/mol. The lowest BCUT2D eigenvalue weighted by Crippen LogP contribution is -2.31. The average Bonchev–Trinajstić information content (AvgIpc) is 2.95. The van der Waals surface area contributed by atoms with Gasteiger partial charge in [0.1, 0.15) is 5.82 Å². The van der Waals surface area contributed by atoms with Gasteiger partial charge in [0.15, 0.2) is 0 Å². The van der Waals surface area contributed by atoms with Crippen LogP contribution in [0.4, 0.5) is 9.39 Å². The first-order valence-electron chi connectivity index (χ1n) is 8.17. The van der Waals surface area contributed by atoms with Crippen LogP contribution in [0.5, 0.6) is 0 Å². The van der Waals surface area contributed by atoms with Crippen LogP contribution < -0.4 is 16.0 Å². The first-order valence-corrected chi connectivity index (χ1v) is 8.99. The van der Waals surface area contributed by atoms with E-state index < -0.39 is 11.7 Å². The minimum Gasteiger partial charge on any atom is -0.350 e. The van der Waals surface area contributed by atoms with E-state index in [1.165, 1.54) is 35.6 Å². The number of carbonyl (C=O) groups is 2. The summed E-state index contributed by atoms with van der Waals surface area (Å²) in [7, 11) is 0. The Bertz CT molecular complexity index is 752. The maximum atomic E-state index is 13.2. The molecule has 1 aromatic carbocycles. The smallest absolute Gasteiger partial charge is 0.261 e. The molecule has 0 radical (unpaired) electrons. The number of nitrogens with one attached hydrogen (secondary N) is 3. The van der Waals surface area contributed by atoms with E-state index in [1.54, 1.807) is 6.07 Å². The Morgan fingerprint density at radius 2 is 1.88 bits per heavy atom. The first-order chi connectivity index (χ1) is 12.0. The largest absolute Gasteiger partial charge is 0.350 e. The first kappa shape index (κ1) is 22.1. The third-order valence-electron chi connectivity index (χ3n) is 3.46. The van der Waals surface area contributed by atoms with Crippen molar-refractivity contribution in [2.24, 2.45) is 0 Å². The molecule has 0 aliphatic heterocycles. The number of amides is 2. The summed E-state index contributed by atoms with van der Waals surface area (Å²) in [4.78, 5) is 24.9. The van der Waals surface area contributed by atoms with Gasteiger partial charge < -0.3 is 16.0 Å². The summed E-state index contributed by atoms with van der Waals surface area (Å²) < 4.78 is 13.2. The molecule has 26 heavy (non-hydrogen) atoms. The molecule has 8 heteroatoms. The molecular weight excluding hydrogens is 377 g/mol. The highest BCUT2D eigenvalue weighted by Gasteiger charge is 2.15. The molecule has 0 aliphatic rings. The maximum absolute atomic E-state index is 13.2. The number of carbonyl (C=O) groups excluding carboxylic acids is 2. The highest BCUT2D eigenvalue weighted by atomic mass is 35.5. The van der Waals surface area contributed by atoms with Gasteiger partial charge in [0.2, 0.25) is 0 Å². The van der Waals surface area contributed by atoms with Gasteiger partial charge in [0.25, 0.3) is 11.8 Å². The Morgan fingerprint density at radius 1 is 1.12 bits per heavy atom. The van der Waals surface area contributed by atoms with Crippen LogP contribution in [0, 0.1) is 12.7 Å². The van der Waals surface area contributed by atoms with Crippen molar-refractivity contribution >= 4 is 40.6 Å². The Kier molecular flexibility index (Phi) is 9.26. The van der Waals surface area contributed by atoms with Gasteiger partial charge in [-0.2, -0.15) is 0 Å². The van der Waals surface area contributed by atoms with Gasteiger partial charge in [-0.1, -0.05) is 13.0 Å². The van der Waals surface area contributed by atoms with Crippen molar-refractivity contribution in [2.45, 2.75) is 20.3 Å². The Balaban J connectivity index is 0.00000338. The standard InChI is InChI=1S/C18H22FN3O2S.ClH/c1-3-7-20-8-9-21-18(24)16-12(2)10-15(25-16)22-17(23)13-5-4-6-14(19)11-13;/h4-6,10-11,20H,3,7-9H2,1-2H3,(H,21,24)(H,22,23);1H. The second kappa shape index (κ2) is 10.9. The summed E-state index contributed by atoms with van der Waals surface area (Å²) in [6.07, 6.45) is 1.05. The molecule has 0 saturated carbocycles. The number of hydrogen-bond donors (Lipinski definition) is 3. The molecule has 1 aromatic heterocycles. The third kappa shape index (κ3) is 6.40. The predicted octanol–water partition coefficient (Wildman–Crippen LogP) is 3.60. The predicted molar refractivity (Wildman–Crippen MR) is 106 cm³/mol. The lowest BCUT2D eigenvalue weighted by molar-refractivity contribution is 0.0956. The van der Waals surface area contributed by atoms with E-state index in [4.69, 9.17) is 0 Å². The molecule has 0 fully saturated rings. The minimum atomic E-state index is -0.466. The molecule has 2 aromatic rings. The molecule has 0 aliphatic carbocycles. The van der Waals surface area contributed by atoms with E-state index >= 15 is 0 Å². The minimum absolute atomic E-state index is 0. The zero-order valence-corrected chi connectivity index (χ0v) is 16.4. The van der Waals surface area contributed by atoms with Crippen LogP contribution in [0.25, 0.3) is 0 Å². The lowest BCUT2D eigenvalue weighted by atomic mass is 10.2. The lowest BCUT2D eigenvalue weighted by Gasteiger charge is -2.05. The van der Waals surface area contributed by atoms with Crippen LogP contribution in [-0.2, 0) is 0 Å². The van der Waals surface area contributed by atoms with Crippen LogP contribution in [0.1, 0.15) is 38.9 Å². The van der Waals surface area contributed by atoms with Gasteiger partial charge in [-0.3, -0.25) is 9.59 Å². The SMILES string of the molecule is CCCNCCNC(=O)c1sc(NC(=O)c2cccc(F)c2)cc1C.Cl. The summed E-state index contributed by atoms with van der Waals surface area (Å²) in [6, 6.07) is 7.22. The molecule has 2 rings (SSSR count). The monoisotopic (exact) mass is 399 g/mol. The number of rotatable bonds is 8. The van der Waals surface area contributed by atoms with Gasteiger partial charge in [0.05, 0.1) is 9.88 Å². The van der Waals surface area contributed by atoms with Crippen molar-refractivity contribution in [1.29, 1.82) is 0 Å². The van der Waals surface area contributed by atoms with Gasteiger partial charge >= 0.3 is 0 Å². The number of benzene rings is 1. The molecule has 0 atom stereocenters. The van der Waals surface area contributed by atoms with Crippen LogP contribution in [0.3, 0.4) is 0 Å². The number of anilines is 1. The number of halogens is 2. The van der Waals surface area contributed by atoms with E-state index in [9.17, 15) is 14.0 Å². The van der Waals surface area contributed by atoms with Crippen molar-refractivity contribution in [1.82, 2.24) is 10.6 Å². The molecule has 3 N–H and O–H groups in total. The molecule has 0 bridgehead atoms. The Labute approximate surface area is 162 Å². The number of hydrogen-bond acceptors (Lipinski definition) is 4. The van der Waals surface area contributed by atoms with E-state index in [-0.39, 0.29) is 23.9 Å². The highest BCUT2D eigenvalue weighted by Crippen LogP contribution is 2.27. The van der Waals surface area contributed by atoms with Crippen molar-refractivity contribution in [3.63, 3.8) is 0 Å². The van der Waals surface area contributed by atoms with E-state index in [0.717, 1.165) is 18.5 Å². The van der Waals surface area contributed by atoms with Crippen LogP contribution in [0.15, 0.2) is 30.3 Å². The molecule has 5 nitrogen and oxygen atoms in total.